The molecular weight excluding hydrogens is 422 g/mol. The predicted octanol–water partition coefficient (Wildman–Crippen LogP) is 4.30. The largest absolute Gasteiger partial charge is 0.586 e. The summed E-state index contributed by atoms with van der Waals surface area (Å²) in [5.74, 6) is -0.643. The second-order valence-corrected chi connectivity index (χ2v) is 6.83. The van der Waals surface area contributed by atoms with Crippen LogP contribution >= 0.6 is 0 Å². The minimum absolute atomic E-state index is 0.131. The number of hydrogen-bond acceptors (Lipinski definition) is 5. The Bertz CT molecular complexity index is 1140. The predicted molar refractivity (Wildman–Crippen MR) is 112 cm³/mol. The van der Waals surface area contributed by atoms with Crippen molar-refractivity contribution in [3.63, 3.8) is 0 Å². The van der Waals surface area contributed by atoms with E-state index in [1.54, 1.807) is 54.6 Å². The van der Waals surface area contributed by atoms with Crippen LogP contribution in [-0.2, 0) is 4.79 Å². The summed E-state index contributed by atoms with van der Waals surface area (Å²) in [5.41, 5.74) is 1.11. The number of carbonyl (C=O) groups is 2. The van der Waals surface area contributed by atoms with Crippen LogP contribution in [0.5, 0.6) is 17.2 Å². The van der Waals surface area contributed by atoms with Gasteiger partial charge in [-0.1, -0.05) is 18.2 Å². The smallest absolute Gasteiger partial charge is 0.497 e. The Labute approximate surface area is 182 Å². The summed E-state index contributed by atoms with van der Waals surface area (Å²) in [5, 5.41) is 2.59. The van der Waals surface area contributed by atoms with Crippen LogP contribution in [-0.4, -0.2) is 31.8 Å². The van der Waals surface area contributed by atoms with Crippen LogP contribution in [0.25, 0.3) is 0 Å². The molecule has 2 amide bonds. The van der Waals surface area contributed by atoms with Gasteiger partial charge in [0.1, 0.15) is 12.3 Å². The van der Waals surface area contributed by atoms with Crippen molar-refractivity contribution in [2.75, 3.05) is 23.9 Å². The number of para-hydroxylation sites is 1. The lowest BCUT2D eigenvalue weighted by Gasteiger charge is -2.22. The van der Waals surface area contributed by atoms with Gasteiger partial charge in [0.2, 0.25) is 5.91 Å². The van der Waals surface area contributed by atoms with E-state index in [-0.39, 0.29) is 29.6 Å². The quantitative estimate of drug-likeness (QED) is 0.619. The number of ether oxygens (including phenoxy) is 3. The molecule has 0 unspecified atom stereocenters. The zero-order valence-corrected chi connectivity index (χ0v) is 16.9. The number of nitrogens with zero attached hydrogens (tertiary/aromatic N) is 1. The molecule has 0 fully saturated rings. The molecule has 7 nitrogen and oxygen atoms in total. The average Bonchev–Trinajstić information content (AvgIpc) is 3.10. The van der Waals surface area contributed by atoms with E-state index in [4.69, 9.17) is 4.74 Å². The van der Waals surface area contributed by atoms with Crippen LogP contribution < -0.4 is 24.4 Å². The molecule has 164 valence electrons. The van der Waals surface area contributed by atoms with E-state index in [0.717, 1.165) is 0 Å². The molecule has 0 spiro atoms. The van der Waals surface area contributed by atoms with E-state index >= 15 is 0 Å². The van der Waals surface area contributed by atoms with Gasteiger partial charge >= 0.3 is 6.29 Å². The number of benzene rings is 3. The maximum absolute atomic E-state index is 13.2. The number of nitrogens with one attached hydrogen (secondary N) is 1. The summed E-state index contributed by atoms with van der Waals surface area (Å²) in [6.07, 6.45) is -3.75. The fourth-order valence-corrected chi connectivity index (χ4v) is 3.15. The van der Waals surface area contributed by atoms with E-state index in [9.17, 15) is 18.4 Å². The third-order valence-electron chi connectivity index (χ3n) is 4.64. The number of hydrogen-bond donors (Lipinski definition) is 1. The molecule has 0 atom stereocenters. The van der Waals surface area contributed by atoms with E-state index in [1.807, 2.05) is 0 Å². The van der Waals surface area contributed by atoms with Gasteiger partial charge in [-0.3, -0.25) is 14.5 Å². The molecule has 0 bridgehead atoms. The number of amides is 2. The van der Waals surface area contributed by atoms with Crippen molar-refractivity contribution in [3.05, 3.63) is 78.4 Å². The van der Waals surface area contributed by atoms with Gasteiger partial charge in [0.25, 0.3) is 5.91 Å². The molecule has 0 saturated carbocycles. The van der Waals surface area contributed by atoms with Crippen molar-refractivity contribution in [2.24, 2.45) is 0 Å². The topological polar surface area (TPSA) is 77.1 Å². The van der Waals surface area contributed by atoms with Gasteiger partial charge in [-0.2, -0.15) is 0 Å². The summed E-state index contributed by atoms with van der Waals surface area (Å²) in [6, 6.07) is 19.1. The summed E-state index contributed by atoms with van der Waals surface area (Å²) in [7, 11) is 1.52. The first kappa shape index (κ1) is 21.1. The third kappa shape index (κ3) is 4.61. The van der Waals surface area contributed by atoms with E-state index in [2.05, 4.69) is 14.8 Å². The van der Waals surface area contributed by atoms with Crippen LogP contribution in [0.3, 0.4) is 0 Å². The fourth-order valence-electron chi connectivity index (χ4n) is 3.15. The van der Waals surface area contributed by atoms with Gasteiger partial charge in [-0.05, 0) is 48.5 Å². The van der Waals surface area contributed by atoms with Crippen LogP contribution in [0.1, 0.15) is 10.4 Å². The Hall–Kier alpha value is -4.14. The van der Waals surface area contributed by atoms with Gasteiger partial charge < -0.3 is 19.5 Å². The number of anilines is 2. The molecule has 4 rings (SSSR count). The number of halogens is 2. The zero-order valence-electron chi connectivity index (χ0n) is 16.9. The number of rotatable bonds is 6. The Balaban J connectivity index is 1.52. The van der Waals surface area contributed by atoms with Crippen LogP contribution in [0.15, 0.2) is 72.8 Å². The molecule has 32 heavy (non-hydrogen) atoms. The SMILES string of the molecule is COc1ccc(C(=O)N(CC(=O)Nc2ccc3c(c2)OC(F)(F)O3)c2ccccc2)cc1. The summed E-state index contributed by atoms with van der Waals surface area (Å²) in [4.78, 5) is 27.2. The van der Waals surface area contributed by atoms with Gasteiger partial charge in [0.15, 0.2) is 11.5 Å². The van der Waals surface area contributed by atoms with Gasteiger partial charge in [-0.15, -0.1) is 8.78 Å². The summed E-state index contributed by atoms with van der Waals surface area (Å²) in [6.45, 7) is -0.306. The molecule has 0 radical (unpaired) electrons. The average molecular weight is 440 g/mol. The highest BCUT2D eigenvalue weighted by Crippen LogP contribution is 2.42. The highest BCUT2D eigenvalue weighted by molar-refractivity contribution is 6.10. The van der Waals surface area contributed by atoms with Crippen LogP contribution in [0, 0.1) is 0 Å². The number of carbonyl (C=O) groups excluding carboxylic acids is 2. The Morgan fingerprint density at radius 2 is 1.66 bits per heavy atom. The molecule has 0 aliphatic carbocycles. The molecular formula is C23H18F2N2O5. The van der Waals surface area contributed by atoms with Crippen LogP contribution in [0.2, 0.25) is 0 Å². The monoisotopic (exact) mass is 440 g/mol. The zero-order chi connectivity index (χ0) is 22.7. The van der Waals surface area contributed by atoms with Gasteiger partial charge in [-0.25, -0.2) is 0 Å². The Kier molecular flexibility index (Phi) is 5.63. The first-order chi connectivity index (χ1) is 15.3. The minimum atomic E-state index is -3.75. The maximum Gasteiger partial charge on any atom is 0.586 e. The lowest BCUT2D eigenvalue weighted by Crippen LogP contribution is -2.38. The maximum atomic E-state index is 13.2. The van der Waals surface area contributed by atoms with E-state index in [1.165, 1.54) is 30.2 Å². The Morgan fingerprint density at radius 1 is 0.969 bits per heavy atom. The first-order valence-corrected chi connectivity index (χ1v) is 9.55. The standard InChI is InChI=1S/C23H18F2N2O5/c1-30-18-10-7-15(8-11-18)22(29)27(17-5-3-2-4-6-17)14-21(28)26-16-9-12-19-20(13-16)32-23(24,25)31-19/h2-13H,14H2,1H3,(H,26,28). The number of fused-ring (bicyclic) bond motifs is 1. The van der Waals surface area contributed by atoms with E-state index in [0.29, 0.717) is 17.0 Å². The number of methoxy groups -OCH3 is 1. The van der Waals surface area contributed by atoms with Crippen molar-refractivity contribution < 1.29 is 32.6 Å². The molecule has 1 N–H and O–H groups in total. The van der Waals surface area contributed by atoms with Crippen LogP contribution in [0.4, 0.5) is 20.2 Å². The highest BCUT2D eigenvalue weighted by atomic mass is 19.3. The van der Waals surface area contributed by atoms with Crippen molar-refractivity contribution in [3.8, 4) is 17.2 Å². The molecule has 9 heteroatoms. The molecule has 0 aromatic heterocycles. The number of alkyl halides is 2. The molecule has 3 aromatic rings. The second kappa shape index (κ2) is 8.54. The van der Waals surface area contributed by atoms with Gasteiger partial charge in [0, 0.05) is 23.0 Å². The molecule has 1 heterocycles. The molecule has 3 aromatic carbocycles. The summed E-state index contributed by atoms with van der Waals surface area (Å²) < 4.78 is 40.3. The minimum Gasteiger partial charge on any atom is -0.497 e. The lowest BCUT2D eigenvalue weighted by molar-refractivity contribution is -0.286. The van der Waals surface area contributed by atoms with Crippen molar-refractivity contribution in [1.82, 2.24) is 0 Å². The van der Waals surface area contributed by atoms with Crippen molar-refractivity contribution >= 4 is 23.2 Å². The summed E-state index contributed by atoms with van der Waals surface area (Å²) >= 11 is 0. The molecule has 1 aliphatic heterocycles. The van der Waals surface area contributed by atoms with E-state index < -0.39 is 12.2 Å². The third-order valence-corrected chi connectivity index (χ3v) is 4.64. The van der Waals surface area contributed by atoms with Gasteiger partial charge in [0.05, 0.1) is 7.11 Å². The molecule has 1 aliphatic rings. The highest BCUT2D eigenvalue weighted by Gasteiger charge is 2.43. The van der Waals surface area contributed by atoms with Crippen molar-refractivity contribution in [2.45, 2.75) is 6.29 Å². The normalized spacial score (nSPS) is 13.3. The Morgan fingerprint density at radius 3 is 2.34 bits per heavy atom. The molecule has 0 saturated heterocycles. The fraction of sp³-hybridized carbons (Fsp3) is 0.130. The first-order valence-electron chi connectivity index (χ1n) is 9.55. The second-order valence-electron chi connectivity index (χ2n) is 6.83. The lowest BCUT2D eigenvalue weighted by atomic mass is 10.1. The van der Waals surface area contributed by atoms with Crippen molar-refractivity contribution in [1.29, 1.82) is 0 Å².